The van der Waals surface area contributed by atoms with E-state index < -0.39 is 5.97 Å². The topological polar surface area (TPSA) is 51.1 Å². The van der Waals surface area contributed by atoms with Crippen molar-refractivity contribution in [2.75, 3.05) is 7.11 Å². The van der Waals surface area contributed by atoms with Gasteiger partial charge in [-0.3, -0.25) is 0 Å². The summed E-state index contributed by atoms with van der Waals surface area (Å²) >= 11 is 0. The molecule has 0 saturated carbocycles. The SMILES string of the molecule is C/C=N\N1C(C(=O)OC)=C(OCc2ccccc2)c2ccc(C3=CCCCC3)cc2/C1=C\C. The van der Waals surface area contributed by atoms with Gasteiger partial charge in [-0.2, -0.15) is 5.10 Å². The van der Waals surface area contributed by atoms with Crippen molar-refractivity contribution >= 4 is 29.2 Å². The van der Waals surface area contributed by atoms with E-state index in [-0.39, 0.29) is 5.70 Å². The minimum Gasteiger partial charge on any atom is -0.486 e. The van der Waals surface area contributed by atoms with Gasteiger partial charge in [-0.15, -0.1) is 0 Å². The minimum absolute atomic E-state index is 0.275. The second-order valence-electron chi connectivity index (χ2n) is 8.04. The summed E-state index contributed by atoms with van der Waals surface area (Å²) in [6.45, 7) is 4.11. The van der Waals surface area contributed by atoms with Crippen LogP contribution in [0.1, 0.15) is 61.8 Å². The summed E-state index contributed by atoms with van der Waals surface area (Å²) in [5.41, 5.74) is 6.55. The molecule has 4 rings (SSSR count). The van der Waals surface area contributed by atoms with E-state index in [9.17, 15) is 4.79 Å². The summed E-state index contributed by atoms with van der Waals surface area (Å²) in [5.74, 6) is -0.0196. The number of hydrazone groups is 1. The molecule has 5 heteroatoms. The van der Waals surface area contributed by atoms with Gasteiger partial charge in [-0.05, 0) is 68.4 Å². The van der Waals surface area contributed by atoms with Gasteiger partial charge in [0.15, 0.2) is 11.5 Å². The average molecular weight is 443 g/mol. The van der Waals surface area contributed by atoms with E-state index in [1.54, 1.807) is 11.2 Å². The highest BCUT2D eigenvalue weighted by atomic mass is 16.5. The van der Waals surface area contributed by atoms with Crippen LogP contribution in [0.3, 0.4) is 0 Å². The Balaban J connectivity index is 1.87. The number of hydrogen-bond acceptors (Lipinski definition) is 5. The molecule has 0 aromatic heterocycles. The maximum atomic E-state index is 12.9. The number of carbonyl (C=O) groups is 1. The summed E-state index contributed by atoms with van der Waals surface area (Å²) in [5, 5.41) is 6.15. The first-order valence-electron chi connectivity index (χ1n) is 11.5. The smallest absolute Gasteiger partial charge is 0.360 e. The molecule has 0 radical (unpaired) electrons. The zero-order valence-corrected chi connectivity index (χ0v) is 19.5. The number of fused-ring (bicyclic) bond motifs is 1. The quantitative estimate of drug-likeness (QED) is 0.384. The van der Waals surface area contributed by atoms with Crippen molar-refractivity contribution in [2.24, 2.45) is 5.10 Å². The lowest BCUT2D eigenvalue weighted by molar-refractivity contribution is -0.137. The summed E-state index contributed by atoms with van der Waals surface area (Å²) in [6, 6.07) is 16.3. The molecule has 5 nitrogen and oxygen atoms in total. The van der Waals surface area contributed by atoms with Crippen LogP contribution >= 0.6 is 0 Å². The Morgan fingerprint density at radius 2 is 1.91 bits per heavy atom. The maximum Gasteiger partial charge on any atom is 0.360 e. The first kappa shape index (κ1) is 22.6. The number of methoxy groups -OCH3 is 1. The standard InChI is InChI=1S/C28H30N2O3/c1-4-25-24-18-22(21-14-10-7-11-15-21)16-17-23(24)27(33-19-20-12-8-6-9-13-20)26(28(31)32-3)30(25)29-5-2/h4-6,8-9,12-14,16-18H,7,10-11,15,19H2,1-3H3/b25-4+,29-5-. The van der Waals surface area contributed by atoms with E-state index >= 15 is 0 Å². The largest absolute Gasteiger partial charge is 0.486 e. The minimum atomic E-state index is -0.493. The van der Waals surface area contributed by atoms with Crippen molar-refractivity contribution in [2.45, 2.75) is 46.1 Å². The molecule has 1 aliphatic carbocycles. The van der Waals surface area contributed by atoms with Crippen molar-refractivity contribution < 1.29 is 14.3 Å². The monoisotopic (exact) mass is 442 g/mol. The fourth-order valence-corrected chi connectivity index (χ4v) is 4.38. The van der Waals surface area contributed by atoms with Crippen LogP contribution in [-0.4, -0.2) is 24.3 Å². The van der Waals surface area contributed by atoms with Gasteiger partial charge in [-0.25, -0.2) is 9.80 Å². The maximum absolute atomic E-state index is 12.9. The molecule has 33 heavy (non-hydrogen) atoms. The van der Waals surface area contributed by atoms with Gasteiger partial charge in [0.25, 0.3) is 0 Å². The number of allylic oxidation sites excluding steroid dienone is 3. The first-order chi connectivity index (χ1) is 16.2. The Bertz CT molecular complexity index is 1140. The number of hydrogen-bond donors (Lipinski definition) is 0. The van der Waals surface area contributed by atoms with E-state index in [2.05, 4.69) is 29.4 Å². The summed E-state index contributed by atoms with van der Waals surface area (Å²) in [6.07, 6.45) is 10.6. The Kier molecular flexibility index (Phi) is 7.08. The molecule has 0 N–H and O–H groups in total. The zero-order valence-electron chi connectivity index (χ0n) is 19.5. The van der Waals surface area contributed by atoms with Gasteiger partial charge in [-0.1, -0.05) is 48.6 Å². The van der Waals surface area contributed by atoms with Crippen LogP contribution in [-0.2, 0) is 20.9 Å². The molecule has 0 fully saturated rings. The molecule has 0 spiro atoms. The van der Waals surface area contributed by atoms with Gasteiger partial charge in [0.05, 0.1) is 12.8 Å². The molecule has 0 saturated heterocycles. The van der Waals surface area contributed by atoms with Crippen molar-refractivity contribution in [3.05, 3.63) is 88.6 Å². The van der Waals surface area contributed by atoms with Crippen molar-refractivity contribution in [3.8, 4) is 0 Å². The molecule has 1 heterocycles. The fourth-order valence-electron chi connectivity index (χ4n) is 4.38. The lowest BCUT2D eigenvalue weighted by atomic mass is 9.89. The van der Waals surface area contributed by atoms with Crippen molar-refractivity contribution in [1.82, 2.24) is 5.01 Å². The lowest BCUT2D eigenvalue weighted by Crippen LogP contribution is -2.29. The zero-order chi connectivity index (χ0) is 23.2. The molecular weight excluding hydrogens is 412 g/mol. The van der Waals surface area contributed by atoms with Gasteiger partial charge in [0.2, 0.25) is 0 Å². The predicted octanol–water partition coefficient (Wildman–Crippen LogP) is 6.38. The van der Waals surface area contributed by atoms with E-state index in [1.807, 2.05) is 50.3 Å². The van der Waals surface area contributed by atoms with Crippen LogP contribution in [0.25, 0.3) is 17.0 Å². The highest BCUT2D eigenvalue weighted by Crippen LogP contribution is 2.42. The van der Waals surface area contributed by atoms with Crippen LogP contribution < -0.4 is 0 Å². The van der Waals surface area contributed by atoms with Crippen LogP contribution in [0.5, 0.6) is 0 Å². The number of rotatable bonds is 6. The molecule has 170 valence electrons. The van der Waals surface area contributed by atoms with Gasteiger partial charge < -0.3 is 9.47 Å². The summed E-state index contributed by atoms with van der Waals surface area (Å²) in [4.78, 5) is 12.9. The molecule has 0 unspecified atom stereocenters. The predicted molar refractivity (Wildman–Crippen MR) is 133 cm³/mol. The molecule has 2 aromatic carbocycles. The highest BCUT2D eigenvalue weighted by Gasteiger charge is 2.35. The fraction of sp³-hybridized carbons (Fsp3) is 0.286. The Hall–Kier alpha value is -3.60. The van der Waals surface area contributed by atoms with Crippen LogP contribution in [0.2, 0.25) is 0 Å². The number of carbonyl (C=O) groups excluding carboxylic acids is 1. The van der Waals surface area contributed by atoms with Crippen LogP contribution in [0.15, 0.2) is 71.5 Å². The molecule has 2 aromatic rings. The van der Waals surface area contributed by atoms with Gasteiger partial charge in [0, 0.05) is 17.3 Å². The van der Waals surface area contributed by atoms with Gasteiger partial charge in [0.1, 0.15) is 6.61 Å². The van der Waals surface area contributed by atoms with Gasteiger partial charge >= 0.3 is 5.97 Å². The number of nitrogens with zero attached hydrogens (tertiary/aromatic N) is 2. The first-order valence-corrected chi connectivity index (χ1v) is 11.5. The van der Waals surface area contributed by atoms with Crippen molar-refractivity contribution in [1.29, 1.82) is 0 Å². The van der Waals surface area contributed by atoms with E-state index in [0.717, 1.165) is 35.2 Å². The molecule has 0 bridgehead atoms. The molecular formula is C28H30N2O3. The number of benzene rings is 2. The number of ether oxygens (including phenoxy) is 2. The van der Waals surface area contributed by atoms with E-state index in [1.165, 1.54) is 31.1 Å². The van der Waals surface area contributed by atoms with E-state index in [0.29, 0.717) is 12.4 Å². The third-order valence-electron chi connectivity index (χ3n) is 5.97. The third kappa shape index (κ3) is 4.63. The average Bonchev–Trinajstić information content (AvgIpc) is 2.87. The summed E-state index contributed by atoms with van der Waals surface area (Å²) in [7, 11) is 1.38. The summed E-state index contributed by atoms with van der Waals surface area (Å²) < 4.78 is 11.5. The second-order valence-corrected chi connectivity index (χ2v) is 8.04. The lowest BCUT2D eigenvalue weighted by Gasteiger charge is -2.32. The second kappa shape index (κ2) is 10.3. The Morgan fingerprint density at radius 3 is 2.58 bits per heavy atom. The number of esters is 1. The Morgan fingerprint density at radius 1 is 1.09 bits per heavy atom. The van der Waals surface area contributed by atoms with E-state index in [4.69, 9.17) is 9.47 Å². The molecule has 2 aliphatic rings. The van der Waals surface area contributed by atoms with Crippen LogP contribution in [0, 0.1) is 0 Å². The normalized spacial score (nSPS) is 17.2. The molecule has 0 atom stereocenters. The Labute approximate surface area is 195 Å². The molecule has 1 aliphatic heterocycles. The third-order valence-corrected chi connectivity index (χ3v) is 5.97. The highest BCUT2D eigenvalue weighted by molar-refractivity contribution is 6.01. The molecule has 0 amide bonds. The van der Waals surface area contributed by atoms with Crippen molar-refractivity contribution in [3.63, 3.8) is 0 Å². The van der Waals surface area contributed by atoms with Crippen LogP contribution in [0.4, 0.5) is 0 Å².